The predicted octanol–water partition coefficient (Wildman–Crippen LogP) is 3.29. The molecular formula is C19H16N2O4. The van der Waals surface area contributed by atoms with Crippen LogP contribution in [0.3, 0.4) is 0 Å². The molecule has 0 aliphatic carbocycles. The molecule has 25 heavy (non-hydrogen) atoms. The Labute approximate surface area is 144 Å². The first-order valence-electron chi connectivity index (χ1n) is 7.96. The summed E-state index contributed by atoms with van der Waals surface area (Å²) in [5.41, 5.74) is 3.43. The molecule has 2 aromatic carbocycles. The Balaban J connectivity index is 1.76. The number of carboxylic acids is 1. The normalized spacial score (nSPS) is 12.3. The van der Waals surface area contributed by atoms with Gasteiger partial charge in [-0.05, 0) is 42.3 Å². The molecule has 1 aliphatic rings. The molecule has 126 valence electrons. The average molecular weight is 336 g/mol. The number of aromatic nitrogens is 2. The molecule has 6 heteroatoms. The minimum Gasteiger partial charge on any atom is -0.481 e. The first kappa shape index (κ1) is 15.3. The summed E-state index contributed by atoms with van der Waals surface area (Å²) in [6, 6.07) is 15.4. The summed E-state index contributed by atoms with van der Waals surface area (Å²) in [6.45, 7) is 0.211. The summed E-state index contributed by atoms with van der Waals surface area (Å²) >= 11 is 0. The number of fused-ring (bicyclic) bond motifs is 1. The van der Waals surface area contributed by atoms with Gasteiger partial charge in [-0.3, -0.25) is 4.79 Å². The zero-order valence-corrected chi connectivity index (χ0v) is 13.4. The van der Waals surface area contributed by atoms with Crippen LogP contribution < -0.4 is 9.47 Å². The molecule has 2 heterocycles. The van der Waals surface area contributed by atoms with Crippen molar-refractivity contribution >= 4 is 5.97 Å². The number of benzene rings is 2. The molecule has 0 fully saturated rings. The van der Waals surface area contributed by atoms with Gasteiger partial charge in [0.15, 0.2) is 11.5 Å². The number of hydrogen-bond donors (Lipinski definition) is 1. The maximum Gasteiger partial charge on any atom is 0.303 e. The van der Waals surface area contributed by atoms with Crippen molar-refractivity contribution in [3.8, 4) is 28.4 Å². The van der Waals surface area contributed by atoms with E-state index in [1.54, 1.807) is 4.68 Å². The highest BCUT2D eigenvalue weighted by molar-refractivity contribution is 5.70. The van der Waals surface area contributed by atoms with Gasteiger partial charge >= 0.3 is 5.97 Å². The zero-order valence-electron chi connectivity index (χ0n) is 13.4. The Morgan fingerprint density at radius 1 is 1.12 bits per heavy atom. The van der Waals surface area contributed by atoms with Crippen molar-refractivity contribution in [2.24, 2.45) is 0 Å². The first-order chi connectivity index (χ1) is 12.2. The minimum absolute atomic E-state index is 0.0536. The largest absolute Gasteiger partial charge is 0.481 e. The van der Waals surface area contributed by atoms with Gasteiger partial charge in [0.25, 0.3) is 0 Å². The fraction of sp³-hybridized carbons (Fsp3) is 0.158. The highest BCUT2D eigenvalue weighted by atomic mass is 16.7. The lowest BCUT2D eigenvalue weighted by atomic mass is 10.0. The second kappa shape index (κ2) is 6.32. The first-order valence-corrected chi connectivity index (χ1v) is 7.96. The number of aliphatic carboxylic acids is 1. The number of para-hydroxylation sites is 1. The Hall–Kier alpha value is -3.28. The predicted molar refractivity (Wildman–Crippen MR) is 91.1 cm³/mol. The molecule has 0 unspecified atom stereocenters. The van der Waals surface area contributed by atoms with Crippen LogP contribution in [0.5, 0.6) is 11.5 Å². The van der Waals surface area contributed by atoms with Gasteiger partial charge < -0.3 is 14.6 Å². The summed E-state index contributed by atoms with van der Waals surface area (Å²) in [7, 11) is 0. The van der Waals surface area contributed by atoms with E-state index < -0.39 is 5.97 Å². The molecule has 3 aromatic rings. The van der Waals surface area contributed by atoms with Crippen LogP contribution in [-0.2, 0) is 11.2 Å². The van der Waals surface area contributed by atoms with Crippen LogP contribution in [0.15, 0.2) is 54.7 Å². The molecular weight excluding hydrogens is 320 g/mol. The smallest absolute Gasteiger partial charge is 0.303 e. The number of carboxylic acid groups (broad SMARTS) is 1. The summed E-state index contributed by atoms with van der Waals surface area (Å²) in [6.07, 6.45) is 2.35. The molecule has 0 bridgehead atoms. The minimum atomic E-state index is -0.830. The molecule has 0 atom stereocenters. The molecule has 0 spiro atoms. The van der Waals surface area contributed by atoms with E-state index in [0.717, 1.165) is 22.5 Å². The maximum absolute atomic E-state index is 11.0. The van der Waals surface area contributed by atoms with Crippen LogP contribution in [0.1, 0.15) is 12.0 Å². The number of aryl methyl sites for hydroxylation is 1. The van der Waals surface area contributed by atoms with Crippen LogP contribution in [-0.4, -0.2) is 27.6 Å². The van der Waals surface area contributed by atoms with Crippen molar-refractivity contribution in [1.29, 1.82) is 0 Å². The quantitative estimate of drug-likeness (QED) is 0.774. The van der Waals surface area contributed by atoms with E-state index in [9.17, 15) is 4.79 Å². The molecule has 4 rings (SSSR count). The third-order valence-corrected chi connectivity index (χ3v) is 4.06. The van der Waals surface area contributed by atoms with E-state index in [0.29, 0.717) is 17.9 Å². The number of carbonyl (C=O) groups is 1. The molecule has 0 saturated heterocycles. The third-order valence-electron chi connectivity index (χ3n) is 4.06. The summed E-state index contributed by atoms with van der Waals surface area (Å²) in [4.78, 5) is 11.0. The molecule has 1 aromatic heterocycles. The lowest BCUT2D eigenvalue weighted by Crippen LogP contribution is -1.97. The molecule has 0 radical (unpaired) electrons. The number of nitrogens with zero attached hydrogens (tertiary/aromatic N) is 2. The van der Waals surface area contributed by atoms with Crippen LogP contribution in [0.2, 0.25) is 0 Å². The SMILES string of the molecule is O=C(O)CCc1cn(-c2ccccc2)nc1-c1ccc2c(c1)OCO2. The fourth-order valence-corrected chi connectivity index (χ4v) is 2.83. The van der Waals surface area contributed by atoms with E-state index in [2.05, 4.69) is 5.10 Å². The Bertz CT molecular complexity index is 918. The van der Waals surface area contributed by atoms with Gasteiger partial charge in [0.1, 0.15) is 0 Å². The van der Waals surface area contributed by atoms with Gasteiger partial charge in [0, 0.05) is 18.2 Å². The van der Waals surface area contributed by atoms with Gasteiger partial charge in [0.2, 0.25) is 6.79 Å². The monoisotopic (exact) mass is 336 g/mol. The Morgan fingerprint density at radius 3 is 2.72 bits per heavy atom. The second-order valence-electron chi connectivity index (χ2n) is 5.74. The number of ether oxygens (including phenoxy) is 2. The summed E-state index contributed by atoms with van der Waals surface area (Å²) in [5.74, 6) is 0.554. The standard InChI is InChI=1S/C19H16N2O4/c22-18(23)9-7-14-11-21(15-4-2-1-3-5-15)20-19(14)13-6-8-16-17(10-13)25-12-24-16/h1-6,8,10-11H,7,9,12H2,(H,22,23). The van der Waals surface area contributed by atoms with Gasteiger partial charge in [0.05, 0.1) is 11.4 Å². The van der Waals surface area contributed by atoms with E-state index in [1.807, 2.05) is 54.7 Å². The van der Waals surface area contributed by atoms with Crippen LogP contribution in [0, 0.1) is 0 Å². The van der Waals surface area contributed by atoms with Gasteiger partial charge in [-0.15, -0.1) is 0 Å². The molecule has 1 aliphatic heterocycles. The topological polar surface area (TPSA) is 73.6 Å². The maximum atomic E-state index is 11.0. The van der Waals surface area contributed by atoms with Crippen molar-refractivity contribution < 1.29 is 19.4 Å². The van der Waals surface area contributed by atoms with Crippen molar-refractivity contribution in [1.82, 2.24) is 9.78 Å². The Morgan fingerprint density at radius 2 is 1.92 bits per heavy atom. The van der Waals surface area contributed by atoms with E-state index in [1.165, 1.54) is 0 Å². The van der Waals surface area contributed by atoms with Crippen LogP contribution in [0.4, 0.5) is 0 Å². The average Bonchev–Trinajstić information content (AvgIpc) is 3.26. The fourth-order valence-electron chi connectivity index (χ4n) is 2.83. The van der Waals surface area contributed by atoms with Crippen LogP contribution in [0.25, 0.3) is 16.9 Å². The third kappa shape index (κ3) is 3.06. The van der Waals surface area contributed by atoms with E-state index >= 15 is 0 Å². The second-order valence-corrected chi connectivity index (χ2v) is 5.74. The van der Waals surface area contributed by atoms with Gasteiger partial charge in [-0.25, -0.2) is 4.68 Å². The van der Waals surface area contributed by atoms with Crippen molar-refractivity contribution in [2.75, 3.05) is 6.79 Å². The van der Waals surface area contributed by atoms with Crippen molar-refractivity contribution in [2.45, 2.75) is 12.8 Å². The summed E-state index contributed by atoms with van der Waals surface area (Å²) < 4.78 is 12.6. The molecule has 0 saturated carbocycles. The van der Waals surface area contributed by atoms with E-state index in [-0.39, 0.29) is 13.2 Å². The Kier molecular flexibility index (Phi) is 3.85. The number of hydrogen-bond acceptors (Lipinski definition) is 4. The highest BCUT2D eigenvalue weighted by Crippen LogP contribution is 2.36. The van der Waals surface area contributed by atoms with E-state index in [4.69, 9.17) is 14.6 Å². The van der Waals surface area contributed by atoms with Crippen LogP contribution >= 0.6 is 0 Å². The van der Waals surface area contributed by atoms with Crippen molar-refractivity contribution in [3.63, 3.8) is 0 Å². The van der Waals surface area contributed by atoms with Gasteiger partial charge in [-0.2, -0.15) is 5.10 Å². The number of rotatable bonds is 5. The van der Waals surface area contributed by atoms with Gasteiger partial charge in [-0.1, -0.05) is 18.2 Å². The van der Waals surface area contributed by atoms with Crippen molar-refractivity contribution in [3.05, 3.63) is 60.3 Å². The lowest BCUT2D eigenvalue weighted by molar-refractivity contribution is -0.136. The summed E-state index contributed by atoms with van der Waals surface area (Å²) in [5, 5.41) is 13.7. The lowest BCUT2D eigenvalue weighted by Gasteiger charge is -2.03. The molecule has 0 amide bonds. The molecule has 6 nitrogen and oxygen atoms in total. The zero-order chi connectivity index (χ0) is 17.2. The molecule has 1 N–H and O–H groups in total. The highest BCUT2D eigenvalue weighted by Gasteiger charge is 2.18.